The van der Waals surface area contributed by atoms with Crippen LogP contribution in [-0.2, 0) is 19.6 Å². The lowest BCUT2D eigenvalue weighted by Crippen LogP contribution is -2.42. The summed E-state index contributed by atoms with van der Waals surface area (Å²) in [6.07, 6.45) is 2.20. The molecule has 0 aliphatic carbocycles. The SMILES string of the molecule is C=C(CC[C@@H]1N(S(=O)(=O)c2cccc3cccnc23)N=C(c2ccccc2)C1(C)C)C(=O)OC. The minimum absolute atomic E-state index is 0.0938. The van der Waals surface area contributed by atoms with Gasteiger partial charge in [0.05, 0.1) is 24.4 Å². The maximum Gasteiger partial charge on any atom is 0.333 e. The fourth-order valence-corrected chi connectivity index (χ4v) is 6.15. The number of ether oxygens (including phenoxy) is 1. The zero-order valence-corrected chi connectivity index (χ0v) is 20.2. The van der Waals surface area contributed by atoms with E-state index in [0.717, 1.165) is 10.9 Å². The van der Waals surface area contributed by atoms with Crippen LogP contribution in [0, 0.1) is 5.41 Å². The van der Waals surface area contributed by atoms with Crippen molar-refractivity contribution in [3.8, 4) is 0 Å². The van der Waals surface area contributed by atoms with Crippen molar-refractivity contribution >= 4 is 32.6 Å². The second kappa shape index (κ2) is 9.02. The van der Waals surface area contributed by atoms with Gasteiger partial charge >= 0.3 is 5.97 Å². The third-order valence-electron chi connectivity index (χ3n) is 6.27. The van der Waals surface area contributed by atoms with Crippen molar-refractivity contribution in [1.29, 1.82) is 0 Å². The number of aromatic nitrogens is 1. The van der Waals surface area contributed by atoms with Crippen molar-refractivity contribution in [2.75, 3.05) is 7.11 Å². The molecular weight excluding hydrogens is 450 g/mol. The molecule has 0 amide bonds. The first-order chi connectivity index (χ1) is 16.2. The number of sulfonamides is 1. The molecule has 1 aromatic heterocycles. The Hall–Kier alpha value is -3.52. The van der Waals surface area contributed by atoms with E-state index in [0.29, 0.717) is 17.6 Å². The number of pyridine rings is 1. The standard InChI is InChI=1S/C26H27N3O4S/c1-18(25(30)33-4)15-16-22-26(2,3)24(20-10-6-5-7-11-20)28-29(22)34(31,32)21-14-8-12-19-13-9-17-27-23(19)21/h5-14,17,22H,1,15-16H2,2-4H3/t22-/m0/s1. The molecule has 0 radical (unpaired) electrons. The van der Waals surface area contributed by atoms with Crippen LogP contribution in [0.5, 0.6) is 0 Å². The van der Waals surface area contributed by atoms with Crippen molar-refractivity contribution in [2.24, 2.45) is 10.5 Å². The number of benzene rings is 2. The molecular formula is C26H27N3O4S. The summed E-state index contributed by atoms with van der Waals surface area (Å²) >= 11 is 0. The number of fused-ring (bicyclic) bond motifs is 1. The Morgan fingerprint density at radius 2 is 1.79 bits per heavy atom. The van der Waals surface area contributed by atoms with E-state index in [-0.39, 0.29) is 16.9 Å². The molecule has 0 fully saturated rings. The first-order valence-corrected chi connectivity index (χ1v) is 12.4. The number of methoxy groups -OCH3 is 1. The van der Waals surface area contributed by atoms with Gasteiger partial charge in [0.25, 0.3) is 10.0 Å². The van der Waals surface area contributed by atoms with Crippen molar-refractivity contribution in [2.45, 2.75) is 37.6 Å². The van der Waals surface area contributed by atoms with Crippen molar-refractivity contribution in [1.82, 2.24) is 9.40 Å². The molecule has 0 saturated heterocycles. The smallest absolute Gasteiger partial charge is 0.333 e. The average molecular weight is 478 g/mol. The summed E-state index contributed by atoms with van der Waals surface area (Å²) in [6, 6.07) is 17.7. The van der Waals surface area contributed by atoms with Crippen LogP contribution in [0.25, 0.3) is 10.9 Å². The molecule has 1 atom stereocenters. The van der Waals surface area contributed by atoms with Crippen LogP contribution >= 0.6 is 0 Å². The van der Waals surface area contributed by atoms with Gasteiger partial charge in [0, 0.05) is 22.6 Å². The maximum atomic E-state index is 14.0. The summed E-state index contributed by atoms with van der Waals surface area (Å²) in [6.45, 7) is 7.75. The summed E-state index contributed by atoms with van der Waals surface area (Å²) in [4.78, 5) is 16.3. The highest BCUT2D eigenvalue weighted by Gasteiger charge is 2.49. The van der Waals surface area contributed by atoms with Crippen LogP contribution in [0.4, 0.5) is 0 Å². The Labute approximate surface area is 199 Å². The van der Waals surface area contributed by atoms with E-state index in [1.807, 2.05) is 56.3 Å². The average Bonchev–Trinajstić information content (AvgIpc) is 3.12. The number of hydrazone groups is 1. The molecule has 7 nitrogen and oxygen atoms in total. The fourth-order valence-electron chi connectivity index (χ4n) is 4.39. The molecule has 1 aliphatic rings. The quantitative estimate of drug-likeness (QED) is 0.368. The van der Waals surface area contributed by atoms with E-state index in [9.17, 15) is 13.2 Å². The molecule has 2 heterocycles. The Morgan fingerprint density at radius 3 is 2.50 bits per heavy atom. The van der Waals surface area contributed by atoms with Gasteiger partial charge in [0.1, 0.15) is 4.90 Å². The lowest BCUT2D eigenvalue weighted by Gasteiger charge is -2.32. The van der Waals surface area contributed by atoms with E-state index >= 15 is 0 Å². The second-order valence-electron chi connectivity index (χ2n) is 8.79. The summed E-state index contributed by atoms with van der Waals surface area (Å²) in [5.41, 5.74) is 1.55. The highest BCUT2D eigenvalue weighted by molar-refractivity contribution is 7.89. The molecule has 0 unspecified atom stereocenters. The Balaban J connectivity index is 1.82. The van der Waals surface area contributed by atoms with Crippen LogP contribution in [0.2, 0.25) is 0 Å². The Bertz CT molecular complexity index is 1380. The second-order valence-corrected chi connectivity index (χ2v) is 10.6. The monoisotopic (exact) mass is 477 g/mol. The van der Waals surface area contributed by atoms with Crippen molar-refractivity contribution in [3.05, 3.63) is 84.6 Å². The zero-order valence-electron chi connectivity index (χ0n) is 19.4. The molecule has 3 aromatic rings. The van der Waals surface area contributed by atoms with Crippen LogP contribution in [-0.4, -0.2) is 42.6 Å². The van der Waals surface area contributed by atoms with E-state index in [1.54, 1.807) is 24.4 Å². The molecule has 1 aliphatic heterocycles. The predicted molar refractivity (Wildman–Crippen MR) is 132 cm³/mol. The maximum absolute atomic E-state index is 14.0. The number of carbonyl (C=O) groups is 1. The molecule has 8 heteroatoms. The Kier molecular flexibility index (Phi) is 6.27. The highest BCUT2D eigenvalue weighted by atomic mass is 32.2. The number of esters is 1. The van der Waals surface area contributed by atoms with Gasteiger partial charge in [0.15, 0.2) is 0 Å². The zero-order chi connectivity index (χ0) is 24.5. The van der Waals surface area contributed by atoms with Gasteiger partial charge in [-0.05, 0) is 30.5 Å². The van der Waals surface area contributed by atoms with Gasteiger partial charge in [-0.2, -0.15) is 17.9 Å². The molecule has 2 aromatic carbocycles. The first kappa shape index (κ1) is 23.6. The Morgan fingerprint density at radius 1 is 1.09 bits per heavy atom. The molecule has 0 bridgehead atoms. The number of hydrogen-bond acceptors (Lipinski definition) is 6. The van der Waals surface area contributed by atoms with Gasteiger partial charge in [-0.25, -0.2) is 4.79 Å². The molecule has 4 rings (SSSR count). The molecule has 0 N–H and O–H groups in total. The van der Waals surface area contributed by atoms with Crippen LogP contribution in [0.3, 0.4) is 0 Å². The number of rotatable bonds is 7. The summed E-state index contributed by atoms with van der Waals surface area (Å²) in [5.74, 6) is -0.507. The summed E-state index contributed by atoms with van der Waals surface area (Å²) in [5, 5.41) is 5.41. The van der Waals surface area contributed by atoms with E-state index < -0.39 is 27.4 Å². The van der Waals surface area contributed by atoms with Crippen LogP contribution in [0.1, 0.15) is 32.3 Å². The van der Waals surface area contributed by atoms with Gasteiger partial charge in [-0.15, -0.1) is 0 Å². The molecule has 176 valence electrons. The molecule has 0 spiro atoms. The van der Waals surface area contributed by atoms with Crippen molar-refractivity contribution in [3.63, 3.8) is 0 Å². The number of carbonyl (C=O) groups excluding carboxylic acids is 1. The predicted octanol–water partition coefficient (Wildman–Crippen LogP) is 4.55. The van der Waals surface area contributed by atoms with Crippen LogP contribution < -0.4 is 0 Å². The summed E-state index contributed by atoms with van der Waals surface area (Å²) < 4.78 is 34.0. The number of nitrogens with zero attached hydrogens (tertiary/aromatic N) is 3. The van der Waals surface area contributed by atoms with E-state index in [4.69, 9.17) is 4.74 Å². The van der Waals surface area contributed by atoms with E-state index in [1.165, 1.54) is 11.5 Å². The van der Waals surface area contributed by atoms with Gasteiger partial charge in [0.2, 0.25) is 0 Å². The van der Waals surface area contributed by atoms with Gasteiger partial charge in [-0.3, -0.25) is 4.98 Å². The van der Waals surface area contributed by atoms with Crippen molar-refractivity contribution < 1.29 is 17.9 Å². The van der Waals surface area contributed by atoms with E-state index in [2.05, 4.69) is 16.7 Å². The van der Waals surface area contributed by atoms with Crippen LogP contribution in [0.15, 0.2) is 89.0 Å². The summed E-state index contributed by atoms with van der Waals surface area (Å²) in [7, 11) is -2.76. The normalized spacial score (nSPS) is 17.4. The minimum Gasteiger partial charge on any atom is -0.466 e. The number of para-hydroxylation sites is 1. The third kappa shape index (κ3) is 4.09. The lowest BCUT2D eigenvalue weighted by molar-refractivity contribution is -0.136. The largest absolute Gasteiger partial charge is 0.466 e. The minimum atomic E-state index is -4.06. The third-order valence-corrected chi connectivity index (χ3v) is 7.98. The molecule has 34 heavy (non-hydrogen) atoms. The number of hydrogen-bond donors (Lipinski definition) is 0. The fraction of sp³-hybridized carbons (Fsp3) is 0.269. The van der Waals surface area contributed by atoms with Gasteiger partial charge in [-0.1, -0.05) is 69.0 Å². The first-order valence-electron chi connectivity index (χ1n) is 11.0. The topological polar surface area (TPSA) is 88.9 Å². The lowest BCUT2D eigenvalue weighted by atomic mass is 9.76. The molecule has 0 saturated carbocycles. The highest BCUT2D eigenvalue weighted by Crippen LogP contribution is 2.42. The van der Waals surface area contributed by atoms with Gasteiger partial charge < -0.3 is 4.74 Å².